The van der Waals surface area contributed by atoms with Crippen LogP contribution in [0.4, 0.5) is 8.78 Å². The predicted molar refractivity (Wildman–Crippen MR) is 125 cm³/mol. The van der Waals surface area contributed by atoms with Crippen molar-refractivity contribution < 1.29 is 23.4 Å². The van der Waals surface area contributed by atoms with Crippen LogP contribution in [0.15, 0.2) is 55.3 Å². The summed E-state index contributed by atoms with van der Waals surface area (Å²) in [5.74, 6) is -1.54. The van der Waals surface area contributed by atoms with E-state index < -0.39 is 28.8 Å². The van der Waals surface area contributed by atoms with Crippen LogP contribution in [0.25, 0.3) is 6.08 Å². The highest BCUT2D eigenvalue weighted by Gasteiger charge is 2.41. The molecule has 180 valence electrons. The fraction of sp³-hybridized carbons (Fsp3) is 0.348. The second-order valence-electron chi connectivity index (χ2n) is 7.85. The van der Waals surface area contributed by atoms with Crippen LogP contribution in [-0.2, 0) is 21.6 Å². The van der Waals surface area contributed by atoms with Crippen molar-refractivity contribution >= 4 is 29.4 Å². The van der Waals surface area contributed by atoms with E-state index in [9.17, 15) is 13.9 Å². The number of hydrogen-bond acceptors (Lipinski definition) is 7. The predicted octanol–water partition coefficient (Wildman–Crippen LogP) is 4.07. The van der Waals surface area contributed by atoms with E-state index in [0.717, 1.165) is 17.7 Å². The lowest BCUT2D eigenvalue weighted by Gasteiger charge is -2.37. The van der Waals surface area contributed by atoms with Gasteiger partial charge in [-0.3, -0.25) is 0 Å². The molecule has 0 radical (unpaired) electrons. The third kappa shape index (κ3) is 6.00. The number of pyridine rings is 1. The highest BCUT2D eigenvalue weighted by Crippen LogP contribution is 2.38. The van der Waals surface area contributed by atoms with Gasteiger partial charge in [0.05, 0.1) is 25.0 Å². The third-order valence-corrected chi connectivity index (χ3v) is 7.10. The molecule has 3 heterocycles. The first-order valence-electron chi connectivity index (χ1n) is 10.5. The SMILES string of the molecule is C[C@@H](SC1COC(/C=C/c2ccc(Cl)nc2)OC1)[C@](O)(Cn1cncn1)c1ccc(F)cc1F. The van der Waals surface area contributed by atoms with E-state index in [1.807, 2.05) is 12.1 Å². The molecular weight excluding hydrogens is 486 g/mol. The van der Waals surface area contributed by atoms with Crippen LogP contribution in [0.1, 0.15) is 18.1 Å². The molecule has 1 fully saturated rings. The molecule has 1 aliphatic rings. The molecule has 0 spiro atoms. The second-order valence-corrected chi connectivity index (χ2v) is 9.88. The molecule has 0 amide bonds. The van der Waals surface area contributed by atoms with Crippen LogP contribution in [-0.4, -0.2) is 54.9 Å². The van der Waals surface area contributed by atoms with Gasteiger partial charge in [0.15, 0.2) is 6.29 Å². The molecule has 3 aromatic rings. The molecule has 0 aliphatic carbocycles. The first-order valence-corrected chi connectivity index (χ1v) is 11.8. The quantitative estimate of drug-likeness (QED) is 0.459. The summed E-state index contributed by atoms with van der Waals surface area (Å²) < 4.78 is 41.2. The van der Waals surface area contributed by atoms with E-state index >= 15 is 0 Å². The molecular formula is C23H23ClF2N4O3S. The first kappa shape index (κ1) is 24.7. The van der Waals surface area contributed by atoms with Gasteiger partial charge in [0.1, 0.15) is 35.0 Å². The Morgan fingerprint density at radius 3 is 2.74 bits per heavy atom. The van der Waals surface area contributed by atoms with Gasteiger partial charge in [-0.05, 0) is 23.8 Å². The minimum absolute atomic E-state index is 0.0144. The van der Waals surface area contributed by atoms with Crippen LogP contribution < -0.4 is 0 Å². The summed E-state index contributed by atoms with van der Waals surface area (Å²) in [6, 6.07) is 6.68. The van der Waals surface area contributed by atoms with Crippen molar-refractivity contribution in [2.45, 2.75) is 35.9 Å². The average Bonchev–Trinajstić information content (AvgIpc) is 3.32. The normalized spacial score (nSPS) is 21.4. The van der Waals surface area contributed by atoms with Crippen molar-refractivity contribution in [2.24, 2.45) is 0 Å². The summed E-state index contributed by atoms with van der Waals surface area (Å²) in [5.41, 5.74) is -0.838. The van der Waals surface area contributed by atoms with Crippen LogP contribution in [0.3, 0.4) is 0 Å². The molecule has 1 saturated heterocycles. The average molecular weight is 509 g/mol. The Morgan fingerprint density at radius 1 is 1.29 bits per heavy atom. The van der Waals surface area contributed by atoms with Crippen molar-refractivity contribution in [3.63, 3.8) is 0 Å². The zero-order valence-electron chi connectivity index (χ0n) is 18.2. The monoisotopic (exact) mass is 508 g/mol. The maximum Gasteiger partial charge on any atom is 0.177 e. The molecule has 7 nitrogen and oxygen atoms in total. The van der Waals surface area contributed by atoms with Gasteiger partial charge in [-0.2, -0.15) is 5.10 Å². The largest absolute Gasteiger partial charge is 0.382 e. The summed E-state index contributed by atoms with van der Waals surface area (Å²) in [7, 11) is 0. The molecule has 11 heteroatoms. The van der Waals surface area contributed by atoms with E-state index in [1.165, 1.54) is 35.2 Å². The number of halogens is 3. The van der Waals surface area contributed by atoms with Gasteiger partial charge in [-0.25, -0.2) is 23.4 Å². The van der Waals surface area contributed by atoms with Crippen molar-refractivity contribution in [2.75, 3.05) is 13.2 Å². The summed E-state index contributed by atoms with van der Waals surface area (Å²) in [6.45, 7) is 2.46. The van der Waals surface area contributed by atoms with E-state index in [0.29, 0.717) is 18.4 Å². The van der Waals surface area contributed by atoms with Crippen LogP contribution >= 0.6 is 23.4 Å². The molecule has 4 rings (SSSR count). The first-order chi connectivity index (χ1) is 16.3. The molecule has 1 aromatic carbocycles. The van der Waals surface area contributed by atoms with Gasteiger partial charge in [0.2, 0.25) is 0 Å². The van der Waals surface area contributed by atoms with Crippen molar-refractivity contribution in [1.29, 1.82) is 0 Å². The molecule has 2 atom stereocenters. The minimum Gasteiger partial charge on any atom is -0.382 e. The van der Waals surface area contributed by atoms with Gasteiger partial charge < -0.3 is 14.6 Å². The summed E-state index contributed by atoms with van der Waals surface area (Å²) in [5, 5.41) is 15.5. The lowest BCUT2D eigenvalue weighted by Crippen LogP contribution is -2.43. The zero-order chi connectivity index (χ0) is 24.1. The molecule has 0 saturated carbocycles. The summed E-state index contributed by atoms with van der Waals surface area (Å²) in [4.78, 5) is 7.91. The van der Waals surface area contributed by atoms with E-state index in [-0.39, 0.29) is 17.4 Å². The number of thioether (sulfide) groups is 1. The van der Waals surface area contributed by atoms with E-state index in [4.69, 9.17) is 21.1 Å². The Kier molecular flexibility index (Phi) is 7.95. The number of nitrogens with zero attached hydrogens (tertiary/aromatic N) is 4. The summed E-state index contributed by atoms with van der Waals surface area (Å²) >= 11 is 7.20. The lowest BCUT2D eigenvalue weighted by atomic mass is 9.90. The van der Waals surface area contributed by atoms with Crippen LogP contribution in [0.2, 0.25) is 5.15 Å². The maximum atomic E-state index is 14.7. The molecule has 34 heavy (non-hydrogen) atoms. The standard InChI is InChI=1S/C23H23ClF2N4O3S/c1-15(23(31,12-30-14-27-13-29-30)19-5-4-17(25)8-20(19)26)34-18-10-32-22(33-11-18)7-3-16-2-6-21(24)28-9-16/h2-9,13-15,18,22,31H,10-12H2,1H3/b7-3+/t15-,18?,22?,23-/m1/s1. The zero-order valence-corrected chi connectivity index (χ0v) is 19.8. The van der Waals surface area contributed by atoms with Crippen LogP contribution in [0, 0.1) is 11.6 Å². The Morgan fingerprint density at radius 2 is 2.09 bits per heavy atom. The molecule has 0 bridgehead atoms. The molecule has 1 N–H and O–H groups in total. The fourth-order valence-corrected chi connectivity index (χ4v) is 5.03. The number of benzene rings is 1. The smallest absolute Gasteiger partial charge is 0.177 e. The molecule has 0 unspecified atom stereocenters. The molecule has 2 aromatic heterocycles. The topological polar surface area (TPSA) is 82.3 Å². The Bertz CT molecular complexity index is 1110. The van der Waals surface area contributed by atoms with Gasteiger partial charge in [0.25, 0.3) is 0 Å². The number of hydrogen-bond donors (Lipinski definition) is 1. The van der Waals surface area contributed by atoms with Gasteiger partial charge >= 0.3 is 0 Å². The number of rotatable bonds is 8. The van der Waals surface area contributed by atoms with Crippen molar-refractivity contribution in [3.05, 3.63) is 83.2 Å². The maximum absolute atomic E-state index is 14.7. The second kappa shape index (κ2) is 10.9. The van der Waals surface area contributed by atoms with Gasteiger partial charge in [-0.15, -0.1) is 11.8 Å². The fourth-order valence-electron chi connectivity index (χ4n) is 3.60. The number of ether oxygens (including phenoxy) is 2. The number of aliphatic hydroxyl groups is 1. The van der Waals surface area contributed by atoms with E-state index in [1.54, 1.807) is 25.3 Å². The summed E-state index contributed by atoms with van der Waals surface area (Å²) in [6.07, 6.45) is 7.50. The third-order valence-electron chi connectivity index (χ3n) is 5.43. The Hall–Kier alpha value is -2.37. The number of aromatic nitrogens is 4. The minimum atomic E-state index is -1.69. The highest BCUT2D eigenvalue weighted by molar-refractivity contribution is 8.00. The van der Waals surface area contributed by atoms with Crippen LogP contribution in [0.5, 0.6) is 0 Å². The molecule has 1 aliphatic heterocycles. The van der Waals surface area contributed by atoms with Crippen molar-refractivity contribution in [3.8, 4) is 0 Å². The highest BCUT2D eigenvalue weighted by atomic mass is 35.5. The Balaban J connectivity index is 1.41. The van der Waals surface area contributed by atoms with Gasteiger partial charge in [-0.1, -0.05) is 36.7 Å². The van der Waals surface area contributed by atoms with Gasteiger partial charge in [0, 0.05) is 23.1 Å². The Labute approximate surface area is 204 Å². The van der Waals surface area contributed by atoms with E-state index in [2.05, 4.69) is 15.1 Å². The lowest BCUT2D eigenvalue weighted by molar-refractivity contribution is -0.146. The van der Waals surface area contributed by atoms with Crippen molar-refractivity contribution in [1.82, 2.24) is 19.7 Å².